The number of alkyl halides is 3. The summed E-state index contributed by atoms with van der Waals surface area (Å²) >= 11 is 6.50. The largest absolute Gasteiger partial charge is 0.460 e. The maximum atomic E-state index is 14.5. The Labute approximate surface area is 345 Å². The minimum absolute atomic E-state index is 0. The molecule has 0 aliphatic carbocycles. The molecule has 0 radical (unpaired) electrons. The van der Waals surface area contributed by atoms with E-state index in [4.69, 9.17) is 16.3 Å². The summed E-state index contributed by atoms with van der Waals surface area (Å²) in [6, 6.07) is 7.63. The van der Waals surface area contributed by atoms with Gasteiger partial charge in [-0.1, -0.05) is 23.6 Å². The molecule has 0 saturated heterocycles. The highest BCUT2D eigenvalue weighted by Crippen LogP contribution is 2.43. The third-order valence-electron chi connectivity index (χ3n) is 8.19. The number of pyridine rings is 1. The topological polar surface area (TPSA) is 163 Å². The van der Waals surface area contributed by atoms with Crippen LogP contribution in [0.3, 0.4) is 0 Å². The summed E-state index contributed by atoms with van der Waals surface area (Å²) in [5.41, 5.74) is -1.89. The molecule has 12 nitrogen and oxygen atoms in total. The summed E-state index contributed by atoms with van der Waals surface area (Å²) in [6.07, 6.45) is -3.88. The SMILES string of the molecule is CC(C)(C)OC(=O)C[C@@H](Cc1cc(F)cc(F)c1)c1nc(C#CC(C)(C)S(C)(=O)=O)ccc1-c1ccc(Cl)c2c(N(S(C)(=O)=O)S(C)(=O)=O)nn(CC(F)(F)F)c12.S. The molecule has 0 amide bonds. The van der Waals surface area contributed by atoms with Crippen LogP contribution in [0.5, 0.6) is 0 Å². The minimum atomic E-state index is -5.01. The Morgan fingerprint density at radius 1 is 0.897 bits per heavy atom. The lowest BCUT2D eigenvalue weighted by atomic mass is 9.87. The maximum Gasteiger partial charge on any atom is 0.408 e. The van der Waals surface area contributed by atoms with Crippen molar-refractivity contribution >= 4 is 77.7 Å². The fourth-order valence-electron chi connectivity index (χ4n) is 5.71. The standard InChI is InChI=1S/C36H38ClF5N4O8S3.H2S/c1-34(2,3)54-29(47)18-22(15-21-16-23(38)19-24(39)17-21)31-26(10-9-25(43-31)13-14-35(4,5)55(6,48)49)27-11-12-28(37)30-32(27)45(20-36(40,41)42)44-33(30)46(56(7,50)51)57(8,52)53;/h9-12,16-17,19,22H,15,18,20H2,1-8H3;1H2/t22-;/m1./s1. The molecule has 0 N–H and O–H groups in total. The van der Waals surface area contributed by atoms with E-state index < -0.39 is 105 Å². The van der Waals surface area contributed by atoms with Gasteiger partial charge in [0, 0.05) is 29.4 Å². The van der Waals surface area contributed by atoms with Crippen LogP contribution in [0.4, 0.5) is 27.8 Å². The third kappa shape index (κ3) is 11.8. The van der Waals surface area contributed by atoms with Gasteiger partial charge >= 0.3 is 12.1 Å². The van der Waals surface area contributed by atoms with Gasteiger partial charge in [-0.15, -0.1) is 3.71 Å². The predicted molar refractivity (Wildman–Crippen MR) is 216 cm³/mol. The fraction of sp³-hybridized carbons (Fsp3) is 0.417. The van der Waals surface area contributed by atoms with Crippen molar-refractivity contribution in [2.45, 2.75) is 76.4 Å². The molecule has 0 unspecified atom stereocenters. The quantitative estimate of drug-likeness (QED) is 0.0904. The van der Waals surface area contributed by atoms with Crippen molar-refractivity contribution < 1.29 is 56.7 Å². The number of nitrogens with zero attached hydrogens (tertiary/aromatic N) is 4. The van der Waals surface area contributed by atoms with Crippen molar-refractivity contribution in [3.8, 4) is 23.0 Å². The van der Waals surface area contributed by atoms with Gasteiger partial charge in [0.25, 0.3) is 0 Å². The first-order valence-electron chi connectivity index (χ1n) is 16.6. The molecule has 2 aromatic carbocycles. The number of sulfonamides is 2. The van der Waals surface area contributed by atoms with E-state index >= 15 is 0 Å². The first-order chi connectivity index (χ1) is 25.8. The lowest BCUT2D eigenvalue weighted by Crippen LogP contribution is -2.36. The number of carbonyl (C=O) groups is 1. The summed E-state index contributed by atoms with van der Waals surface area (Å²) in [7, 11) is -13.3. The van der Waals surface area contributed by atoms with E-state index in [1.807, 2.05) is 0 Å². The summed E-state index contributed by atoms with van der Waals surface area (Å²) in [5, 5.41) is 2.91. The number of hydrogen-bond acceptors (Lipinski definition) is 10. The summed E-state index contributed by atoms with van der Waals surface area (Å²) < 4.78 is 152. The fourth-order valence-corrected chi connectivity index (χ4v) is 9.03. The number of rotatable bonds is 11. The zero-order valence-corrected chi connectivity index (χ0v) is 36.5. The van der Waals surface area contributed by atoms with E-state index in [0.717, 1.165) is 24.5 Å². The highest BCUT2D eigenvalue weighted by molar-refractivity contribution is 8.09. The molecule has 2 heterocycles. The molecular weight excluding hydrogens is 875 g/mol. The van der Waals surface area contributed by atoms with Gasteiger partial charge < -0.3 is 4.74 Å². The van der Waals surface area contributed by atoms with Gasteiger partial charge in [-0.3, -0.25) is 9.48 Å². The monoisotopic (exact) mass is 914 g/mol. The van der Waals surface area contributed by atoms with Crippen LogP contribution in [0.2, 0.25) is 5.02 Å². The smallest absolute Gasteiger partial charge is 0.408 e. The van der Waals surface area contributed by atoms with Crippen LogP contribution in [0.25, 0.3) is 22.0 Å². The Morgan fingerprint density at radius 2 is 1.45 bits per heavy atom. The van der Waals surface area contributed by atoms with Crippen LogP contribution in [0, 0.1) is 23.5 Å². The molecule has 22 heteroatoms. The first-order valence-corrected chi connectivity index (χ1v) is 22.6. The van der Waals surface area contributed by atoms with Gasteiger partial charge in [-0.05, 0) is 82.9 Å². The number of benzene rings is 2. The van der Waals surface area contributed by atoms with Crippen LogP contribution in [-0.2, 0) is 52.4 Å². The Hall–Kier alpha value is -3.97. The number of carbonyl (C=O) groups excluding carboxylic acids is 1. The Kier molecular flexibility index (Phi) is 14.1. The van der Waals surface area contributed by atoms with Crippen LogP contribution in [0.15, 0.2) is 42.5 Å². The Bertz CT molecular complexity index is 2600. The number of sulfone groups is 1. The predicted octanol–water partition coefficient (Wildman–Crippen LogP) is 6.66. The van der Waals surface area contributed by atoms with Gasteiger partial charge in [0.05, 0.1) is 40.6 Å². The van der Waals surface area contributed by atoms with Crippen molar-refractivity contribution in [2.24, 2.45) is 0 Å². The average Bonchev–Trinajstić information content (AvgIpc) is 3.33. The highest BCUT2D eigenvalue weighted by atomic mass is 35.5. The second-order valence-corrected chi connectivity index (χ2v) is 21.6. The number of fused-ring (bicyclic) bond motifs is 1. The molecule has 0 fully saturated rings. The van der Waals surface area contributed by atoms with Gasteiger partial charge in [0.1, 0.15) is 34.2 Å². The summed E-state index contributed by atoms with van der Waals surface area (Å²) in [5.74, 6) is 0.424. The van der Waals surface area contributed by atoms with E-state index in [1.54, 1.807) is 20.8 Å². The van der Waals surface area contributed by atoms with Crippen LogP contribution in [0.1, 0.15) is 63.9 Å². The maximum absolute atomic E-state index is 14.5. The number of ether oxygens (including phenoxy) is 1. The van der Waals surface area contributed by atoms with Gasteiger partial charge in [0.15, 0.2) is 15.7 Å². The molecular formula is C36H40ClF5N4O8S4. The third-order valence-corrected chi connectivity index (χ3v) is 13.6. The summed E-state index contributed by atoms with van der Waals surface area (Å²) in [4.78, 5) is 18.1. The van der Waals surface area contributed by atoms with E-state index in [9.17, 15) is 52.0 Å². The van der Waals surface area contributed by atoms with Crippen molar-refractivity contribution in [3.05, 3.63) is 76.1 Å². The molecule has 0 saturated carbocycles. The molecule has 318 valence electrons. The molecule has 0 spiro atoms. The lowest BCUT2D eigenvalue weighted by molar-refractivity contribution is -0.155. The minimum Gasteiger partial charge on any atom is -0.460 e. The van der Waals surface area contributed by atoms with Crippen molar-refractivity contribution in [1.29, 1.82) is 0 Å². The number of aromatic nitrogens is 3. The number of esters is 1. The first kappa shape index (κ1) is 48.4. The second-order valence-electron chi connectivity index (χ2n) is 14.8. The average molecular weight is 915 g/mol. The van der Waals surface area contributed by atoms with Crippen LogP contribution in [-0.4, -0.2) is 81.3 Å². The zero-order chi connectivity index (χ0) is 43.3. The zero-order valence-electron chi connectivity index (χ0n) is 32.3. The molecule has 0 aliphatic rings. The van der Waals surface area contributed by atoms with Gasteiger partial charge in [-0.25, -0.2) is 39.0 Å². The van der Waals surface area contributed by atoms with Crippen molar-refractivity contribution in [3.63, 3.8) is 0 Å². The Morgan fingerprint density at radius 3 is 1.95 bits per heavy atom. The van der Waals surface area contributed by atoms with Gasteiger partial charge in [-0.2, -0.15) is 31.8 Å². The van der Waals surface area contributed by atoms with Crippen molar-refractivity contribution in [2.75, 3.05) is 22.5 Å². The normalized spacial score (nSPS) is 13.3. The van der Waals surface area contributed by atoms with E-state index in [-0.39, 0.29) is 51.7 Å². The molecule has 0 aliphatic heterocycles. The Balaban J connectivity index is 0.00000900. The molecule has 1 atom stereocenters. The van der Waals surface area contributed by atoms with E-state index in [2.05, 4.69) is 21.9 Å². The number of anilines is 1. The molecule has 58 heavy (non-hydrogen) atoms. The number of hydrogen-bond donors (Lipinski definition) is 0. The van der Waals surface area contributed by atoms with Crippen LogP contribution >= 0.6 is 25.1 Å². The van der Waals surface area contributed by atoms with E-state index in [1.165, 1.54) is 32.0 Å². The van der Waals surface area contributed by atoms with E-state index in [0.29, 0.717) is 23.3 Å². The molecule has 2 aromatic heterocycles. The second kappa shape index (κ2) is 17.0. The van der Waals surface area contributed by atoms with Crippen molar-refractivity contribution in [1.82, 2.24) is 14.8 Å². The van der Waals surface area contributed by atoms with Crippen LogP contribution < -0.4 is 3.71 Å². The number of halogens is 6. The lowest BCUT2D eigenvalue weighted by Gasteiger charge is -2.24. The molecule has 4 aromatic rings. The molecule has 0 bridgehead atoms. The molecule has 4 rings (SSSR count). The summed E-state index contributed by atoms with van der Waals surface area (Å²) in [6.45, 7) is 5.58. The van der Waals surface area contributed by atoms with Gasteiger partial charge in [0.2, 0.25) is 20.0 Å². The highest BCUT2D eigenvalue weighted by Gasteiger charge is 2.38.